The smallest absolute Gasteiger partial charge is 0.0629 e. The highest BCUT2D eigenvalue weighted by Gasteiger charge is 2.34. The fraction of sp³-hybridized carbons (Fsp3) is 0.500. The van der Waals surface area contributed by atoms with E-state index in [0.29, 0.717) is 0 Å². The molecule has 1 heterocycles. The average molecular weight is 175 g/mol. The van der Waals surface area contributed by atoms with Gasteiger partial charge in [-0.2, -0.15) is 0 Å². The molecule has 0 amide bonds. The Hall–Kier alpha value is -0.980. The maximum absolute atomic E-state index is 3.48. The van der Waals surface area contributed by atoms with E-state index in [1.807, 2.05) is 0 Å². The van der Waals surface area contributed by atoms with E-state index in [1.54, 1.807) is 0 Å². The van der Waals surface area contributed by atoms with Crippen LogP contribution in [0, 0.1) is 0 Å². The van der Waals surface area contributed by atoms with Crippen molar-refractivity contribution >= 4 is 0 Å². The summed E-state index contributed by atoms with van der Waals surface area (Å²) in [5.74, 6) is 0. The fourth-order valence-corrected chi connectivity index (χ4v) is 2.12. The van der Waals surface area contributed by atoms with E-state index < -0.39 is 0 Å². The van der Waals surface area contributed by atoms with Gasteiger partial charge in [0.1, 0.15) is 0 Å². The number of hydrogen-bond acceptors (Lipinski definition) is 1. The van der Waals surface area contributed by atoms with E-state index in [0.717, 1.165) is 12.8 Å². The van der Waals surface area contributed by atoms with Crippen molar-refractivity contribution in [2.45, 2.75) is 39.2 Å². The van der Waals surface area contributed by atoms with Gasteiger partial charge in [0.2, 0.25) is 0 Å². The van der Waals surface area contributed by atoms with E-state index in [-0.39, 0.29) is 5.54 Å². The largest absolute Gasteiger partial charge is 0.381 e. The van der Waals surface area contributed by atoms with Crippen molar-refractivity contribution in [3.05, 3.63) is 35.1 Å². The first-order valence-corrected chi connectivity index (χ1v) is 5.02. The van der Waals surface area contributed by atoms with Crippen molar-refractivity contribution in [3.8, 4) is 0 Å². The van der Waals surface area contributed by atoms with Gasteiger partial charge in [0.15, 0.2) is 0 Å². The third kappa shape index (κ3) is 1.23. The molecule has 13 heavy (non-hydrogen) atoms. The van der Waals surface area contributed by atoms with E-state index in [2.05, 4.69) is 44.4 Å². The standard InChI is InChI=1S/C12H17N/c1-4-10-8-13-12(3)6-5-9(2)7-11(10)12/h5,7-8,13H,4,6H2,1-3H3. The quantitative estimate of drug-likeness (QED) is 0.646. The SMILES string of the molecule is CCC1=CNC2(C)CC=C(C)C=C12. The molecular weight excluding hydrogens is 158 g/mol. The van der Waals surface area contributed by atoms with Crippen LogP contribution in [0.4, 0.5) is 0 Å². The first-order valence-electron chi connectivity index (χ1n) is 5.02. The molecule has 1 atom stereocenters. The highest BCUT2D eigenvalue weighted by atomic mass is 15.0. The Morgan fingerprint density at radius 2 is 2.31 bits per heavy atom. The van der Waals surface area contributed by atoms with Crippen molar-refractivity contribution in [2.24, 2.45) is 0 Å². The molecule has 2 rings (SSSR count). The zero-order valence-electron chi connectivity index (χ0n) is 8.65. The Balaban J connectivity index is 2.39. The molecule has 2 aliphatic rings. The number of rotatable bonds is 1. The molecule has 0 spiro atoms. The van der Waals surface area contributed by atoms with Gasteiger partial charge in [-0.3, -0.25) is 0 Å². The Morgan fingerprint density at radius 3 is 3.00 bits per heavy atom. The Morgan fingerprint density at radius 1 is 1.54 bits per heavy atom. The van der Waals surface area contributed by atoms with Gasteiger partial charge >= 0.3 is 0 Å². The second kappa shape index (κ2) is 2.76. The summed E-state index contributed by atoms with van der Waals surface area (Å²) in [6.07, 6.45) is 9.05. The number of allylic oxidation sites excluding steroid dienone is 2. The van der Waals surface area contributed by atoms with Gasteiger partial charge in [0, 0.05) is 6.20 Å². The monoisotopic (exact) mass is 175 g/mol. The molecule has 0 radical (unpaired) electrons. The number of nitrogens with one attached hydrogen (secondary N) is 1. The molecule has 1 aliphatic heterocycles. The summed E-state index contributed by atoms with van der Waals surface area (Å²) in [6.45, 7) is 6.67. The first kappa shape index (κ1) is 8.61. The van der Waals surface area contributed by atoms with Gasteiger partial charge in [-0.15, -0.1) is 0 Å². The van der Waals surface area contributed by atoms with Crippen molar-refractivity contribution in [1.29, 1.82) is 0 Å². The van der Waals surface area contributed by atoms with Crippen LogP contribution in [0.3, 0.4) is 0 Å². The second-order valence-electron chi connectivity index (χ2n) is 4.21. The molecule has 0 aromatic carbocycles. The minimum absolute atomic E-state index is 0.185. The minimum Gasteiger partial charge on any atom is -0.381 e. The molecule has 1 unspecified atom stereocenters. The predicted octanol–water partition coefficient (Wildman–Crippen LogP) is 2.92. The predicted molar refractivity (Wildman–Crippen MR) is 56.4 cm³/mol. The van der Waals surface area contributed by atoms with Crippen LogP contribution in [-0.4, -0.2) is 5.54 Å². The van der Waals surface area contributed by atoms with Gasteiger partial charge in [-0.25, -0.2) is 0 Å². The van der Waals surface area contributed by atoms with E-state index in [1.165, 1.54) is 16.7 Å². The lowest BCUT2D eigenvalue weighted by Crippen LogP contribution is -2.37. The topological polar surface area (TPSA) is 12.0 Å². The van der Waals surface area contributed by atoms with E-state index in [9.17, 15) is 0 Å². The summed E-state index contributed by atoms with van der Waals surface area (Å²) in [4.78, 5) is 0. The molecule has 0 saturated heterocycles. The van der Waals surface area contributed by atoms with Crippen molar-refractivity contribution in [1.82, 2.24) is 5.32 Å². The minimum atomic E-state index is 0.185. The summed E-state index contributed by atoms with van der Waals surface area (Å²) in [6, 6.07) is 0. The van der Waals surface area contributed by atoms with Crippen LogP contribution in [0.1, 0.15) is 33.6 Å². The van der Waals surface area contributed by atoms with Crippen molar-refractivity contribution in [2.75, 3.05) is 0 Å². The third-order valence-electron chi connectivity index (χ3n) is 3.09. The summed E-state index contributed by atoms with van der Waals surface area (Å²) in [7, 11) is 0. The highest BCUT2D eigenvalue weighted by molar-refractivity contribution is 5.50. The van der Waals surface area contributed by atoms with Crippen molar-refractivity contribution < 1.29 is 0 Å². The maximum Gasteiger partial charge on any atom is 0.0629 e. The van der Waals surface area contributed by atoms with Crippen LogP contribution in [0.15, 0.2) is 35.1 Å². The first-order chi connectivity index (χ1) is 6.15. The van der Waals surface area contributed by atoms with Gasteiger partial charge < -0.3 is 5.32 Å². The molecule has 0 aromatic heterocycles. The molecule has 0 aromatic rings. The number of fused-ring (bicyclic) bond motifs is 1. The zero-order valence-corrected chi connectivity index (χ0v) is 8.65. The molecule has 1 N–H and O–H groups in total. The maximum atomic E-state index is 3.48. The molecule has 1 aliphatic carbocycles. The van der Waals surface area contributed by atoms with Crippen LogP contribution >= 0.6 is 0 Å². The lowest BCUT2D eigenvalue weighted by atomic mass is 9.81. The molecule has 1 heteroatoms. The van der Waals surface area contributed by atoms with Gasteiger partial charge in [0.25, 0.3) is 0 Å². The van der Waals surface area contributed by atoms with Gasteiger partial charge in [0.05, 0.1) is 5.54 Å². The van der Waals surface area contributed by atoms with E-state index in [4.69, 9.17) is 0 Å². The molecular formula is C12H17N. The van der Waals surface area contributed by atoms with Gasteiger partial charge in [-0.1, -0.05) is 24.6 Å². The molecule has 1 nitrogen and oxygen atoms in total. The van der Waals surface area contributed by atoms with Crippen LogP contribution < -0.4 is 5.32 Å². The third-order valence-corrected chi connectivity index (χ3v) is 3.09. The Bertz CT molecular complexity index is 320. The molecule has 70 valence electrons. The summed E-state index contributed by atoms with van der Waals surface area (Å²) < 4.78 is 0. The number of hydrogen-bond donors (Lipinski definition) is 1. The lowest BCUT2D eigenvalue weighted by Gasteiger charge is -2.30. The van der Waals surface area contributed by atoms with Crippen LogP contribution in [0.5, 0.6) is 0 Å². The normalized spacial score (nSPS) is 31.5. The van der Waals surface area contributed by atoms with Crippen LogP contribution in [0.25, 0.3) is 0 Å². The molecule has 0 saturated carbocycles. The zero-order chi connectivity index (χ0) is 9.47. The Kier molecular flexibility index (Phi) is 1.83. The van der Waals surface area contributed by atoms with E-state index >= 15 is 0 Å². The molecule has 0 bridgehead atoms. The summed E-state index contributed by atoms with van der Waals surface area (Å²) in [5, 5.41) is 3.48. The highest BCUT2D eigenvalue weighted by Crippen LogP contribution is 2.37. The fourth-order valence-electron chi connectivity index (χ4n) is 2.12. The summed E-state index contributed by atoms with van der Waals surface area (Å²) in [5.41, 5.74) is 4.55. The molecule has 0 fully saturated rings. The lowest BCUT2D eigenvalue weighted by molar-refractivity contribution is 0.498. The van der Waals surface area contributed by atoms with Crippen LogP contribution in [0.2, 0.25) is 0 Å². The van der Waals surface area contributed by atoms with Gasteiger partial charge in [-0.05, 0) is 37.8 Å². The Labute approximate surface area is 80.2 Å². The average Bonchev–Trinajstić information content (AvgIpc) is 2.43. The summed E-state index contributed by atoms with van der Waals surface area (Å²) >= 11 is 0. The van der Waals surface area contributed by atoms with Crippen molar-refractivity contribution in [3.63, 3.8) is 0 Å². The second-order valence-corrected chi connectivity index (χ2v) is 4.21. The van der Waals surface area contributed by atoms with Crippen LogP contribution in [-0.2, 0) is 0 Å².